The number of halogens is 2. The van der Waals surface area contributed by atoms with Crippen LogP contribution in [0.25, 0.3) is 0 Å². The Balaban J connectivity index is 2.19. The zero-order valence-electron chi connectivity index (χ0n) is 9.91. The van der Waals surface area contributed by atoms with Crippen LogP contribution in [0.4, 0.5) is 0 Å². The summed E-state index contributed by atoms with van der Waals surface area (Å²) in [5.41, 5.74) is 2.87. The van der Waals surface area contributed by atoms with Gasteiger partial charge >= 0.3 is 0 Å². The Morgan fingerprint density at radius 3 is 2.28 bits per heavy atom. The van der Waals surface area contributed by atoms with Gasteiger partial charge in [0, 0.05) is 20.9 Å². The Morgan fingerprint density at radius 1 is 1.00 bits per heavy atom. The number of carbonyl (C=O) groups is 1. The molecule has 1 nitrogen and oxygen atoms in total. The predicted octanol–water partition coefficient (Wildman–Crippen LogP) is 4.95. The fraction of sp³-hybridized carbons (Fsp3) is 0.133. The largest absolute Gasteiger partial charge is 0.294 e. The van der Waals surface area contributed by atoms with Gasteiger partial charge in [-0.1, -0.05) is 44.0 Å². The van der Waals surface area contributed by atoms with Gasteiger partial charge in [0.1, 0.15) is 0 Å². The number of rotatable bonds is 3. The molecule has 0 N–H and O–H groups in total. The lowest BCUT2D eigenvalue weighted by Crippen LogP contribution is -2.03. The topological polar surface area (TPSA) is 17.1 Å². The lowest BCUT2D eigenvalue weighted by molar-refractivity contribution is 0.0993. The number of benzene rings is 2. The van der Waals surface area contributed by atoms with E-state index in [1.807, 2.05) is 49.4 Å². The lowest BCUT2D eigenvalue weighted by atomic mass is 10.0. The first-order chi connectivity index (χ1) is 8.54. The highest BCUT2D eigenvalue weighted by Gasteiger charge is 2.08. The molecule has 18 heavy (non-hydrogen) atoms. The van der Waals surface area contributed by atoms with E-state index in [4.69, 9.17) is 0 Å². The number of Topliss-reactive ketones (excluding diaryl/α,β-unsaturated/α-hetero) is 1. The molecule has 2 aromatic carbocycles. The Morgan fingerprint density at radius 2 is 1.67 bits per heavy atom. The summed E-state index contributed by atoms with van der Waals surface area (Å²) in [7, 11) is 0. The normalized spacial score (nSPS) is 10.4. The first-order valence-electron chi connectivity index (χ1n) is 5.59. The molecule has 2 rings (SSSR count). The van der Waals surface area contributed by atoms with Crippen molar-refractivity contribution in [1.82, 2.24) is 0 Å². The van der Waals surface area contributed by atoms with Gasteiger partial charge in [-0.25, -0.2) is 0 Å². The summed E-state index contributed by atoms with van der Waals surface area (Å²) in [5, 5.41) is 0. The van der Waals surface area contributed by atoms with Crippen molar-refractivity contribution in [3.63, 3.8) is 0 Å². The summed E-state index contributed by atoms with van der Waals surface area (Å²) in [6.07, 6.45) is 0.434. The van der Waals surface area contributed by atoms with Crippen LogP contribution in [0.3, 0.4) is 0 Å². The third-order valence-corrected chi connectivity index (χ3v) is 3.63. The van der Waals surface area contributed by atoms with Crippen LogP contribution in [0.15, 0.2) is 51.4 Å². The van der Waals surface area contributed by atoms with E-state index in [0.717, 1.165) is 25.6 Å². The van der Waals surface area contributed by atoms with Crippen LogP contribution >= 0.6 is 31.9 Å². The molecule has 0 radical (unpaired) electrons. The fourth-order valence-electron chi connectivity index (χ4n) is 1.79. The van der Waals surface area contributed by atoms with Crippen molar-refractivity contribution in [3.8, 4) is 0 Å². The summed E-state index contributed by atoms with van der Waals surface area (Å²) in [4.78, 5) is 12.2. The highest BCUT2D eigenvalue weighted by Crippen LogP contribution is 2.18. The molecule has 0 heterocycles. The summed E-state index contributed by atoms with van der Waals surface area (Å²) < 4.78 is 1.97. The predicted molar refractivity (Wildman–Crippen MR) is 81.1 cm³/mol. The van der Waals surface area contributed by atoms with E-state index >= 15 is 0 Å². The number of carbonyl (C=O) groups excluding carboxylic acids is 1. The van der Waals surface area contributed by atoms with Gasteiger partial charge in [-0.2, -0.15) is 0 Å². The second-order valence-electron chi connectivity index (χ2n) is 4.24. The smallest absolute Gasteiger partial charge is 0.167 e. The van der Waals surface area contributed by atoms with Crippen molar-refractivity contribution in [2.45, 2.75) is 13.3 Å². The van der Waals surface area contributed by atoms with Crippen molar-refractivity contribution in [2.75, 3.05) is 0 Å². The molecule has 0 amide bonds. The first kappa shape index (κ1) is 13.5. The van der Waals surface area contributed by atoms with E-state index < -0.39 is 0 Å². The second kappa shape index (κ2) is 5.81. The van der Waals surface area contributed by atoms with Gasteiger partial charge in [0.2, 0.25) is 0 Å². The molecular formula is C15H12Br2O. The maximum absolute atomic E-state index is 12.2. The molecule has 92 valence electrons. The van der Waals surface area contributed by atoms with E-state index in [1.165, 1.54) is 0 Å². The molecule has 0 aliphatic heterocycles. The van der Waals surface area contributed by atoms with Crippen molar-refractivity contribution < 1.29 is 4.79 Å². The van der Waals surface area contributed by atoms with E-state index in [-0.39, 0.29) is 5.78 Å². The van der Waals surface area contributed by atoms with Crippen LogP contribution in [0.2, 0.25) is 0 Å². The van der Waals surface area contributed by atoms with E-state index in [2.05, 4.69) is 31.9 Å². The van der Waals surface area contributed by atoms with E-state index in [9.17, 15) is 4.79 Å². The fourth-order valence-corrected chi connectivity index (χ4v) is 2.66. The average Bonchev–Trinajstić information content (AvgIpc) is 2.31. The molecule has 2 aromatic rings. The molecule has 0 spiro atoms. The monoisotopic (exact) mass is 366 g/mol. The van der Waals surface area contributed by atoms with Crippen molar-refractivity contribution in [3.05, 3.63) is 68.1 Å². The van der Waals surface area contributed by atoms with Gasteiger partial charge in [-0.05, 0) is 48.4 Å². The summed E-state index contributed by atoms with van der Waals surface area (Å²) >= 11 is 6.80. The molecule has 0 saturated heterocycles. The SMILES string of the molecule is Cc1cc(Br)cc(C(=O)Cc2ccc(Br)cc2)c1. The molecule has 0 atom stereocenters. The lowest BCUT2D eigenvalue weighted by Gasteiger charge is -2.04. The Hall–Kier alpha value is -0.930. The standard InChI is InChI=1S/C15H12Br2O/c1-10-6-12(9-14(17)7-10)15(18)8-11-2-4-13(16)5-3-11/h2-7,9H,8H2,1H3. The number of ketones is 1. The van der Waals surface area contributed by atoms with Crippen LogP contribution in [-0.2, 0) is 6.42 Å². The van der Waals surface area contributed by atoms with E-state index in [0.29, 0.717) is 6.42 Å². The maximum atomic E-state index is 12.2. The highest BCUT2D eigenvalue weighted by molar-refractivity contribution is 9.10. The third-order valence-electron chi connectivity index (χ3n) is 2.64. The molecule has 0 aliphatic carbocycles. The average molecular weight is 368 g/mol. The Kier molecular flexibility index (Phi) is 4.36. The number of aryl methyl sites for hydroxylation is 1. The molecule has 0 aromatic heterocycles. The van der Waals surface area contributed by atoms with Crippen molar-refractivity contribution >= 4 is 37.6 Å². The first-order valence-corrected chi connectivity index (χ1v) is 7.18. The van der Waals surface area contributed by atoms with Gasteiger partial charge in [0.15, 0.2) is 5.78 Å². The minimum Gasteiger partial charge on any atom is -0.294 e. The zero-order valence-corrected chi connectivity index (χ0v) is 13.1. The maximum Gasteiger partial charge on any atom is 0.167 e. The molecule has 0 aliphatic rings. The quantitative estimate of drug-likeness (QED) is 0.701. The third kappa shape index (κ3) is 3.53. The second-order valence-corrected chi connectivity index (χ2v) is 6.08. The van der Waals surface area contributed by atoms with Crippen molar-refractivity contribution in [1.29, 1.82) is 0 Å². The van der Waals surface area contributed by atoms with Crippen LogP contribution in [0.1, 0.15) is 21.5 Å². The van der Waals surface area contributed by atoms with Crippen LogP contribution in [0.5, 0.6) is 0 Å². The number of hydrogen-bond donors (Lipinski definition) is 0. The molecular weight excluding hydrogens is 356 g/mol. The van der Waals surface area contributed by atoms with Gasteiger partial charge in [-0.15, -0.1) is 0 Å². The Labute approximate surface area is 123 Å². The van der Waals surface area contributed by atoms with Crippen LogP contribution < -0.4 is 0 Å². The van der Waals surface area contributed by atoms with Gasteiger partial charge in [-0.3, -0.25) is 4.79 Å². The van der Waals surface area contributed by atoms with Crippen LogP contribution in [0, 0.1) is 6.92 Å². The summed E-state index contributed by atoms with van der Waals surface area (Å²) in [6, 6.07) is 13.6. The number of hydrogen-bond acceptors (Lipinski definition) is 1. The molecule has 0 fully saturated rings. The zero-order chi connectivity index (χ0) is 13.1. The highest BCUT2D eigenvalue weighted by atomic mass is 79.9. The van der Waals surface area contributed by atoms with Gasteiger partial charge in [0.25, 0.3) is 0 Å². The molecule has 0 unspecified atom stereocenters. The Bertz CT molecular complexity index is 553. The minimum atomic E-state index is 0.140. The van der Waals surface area contributed by atoms with E-state index in [1.54, 1.807) is 0 Å². The van der Waals surface area contributed by atoms with Gasteiger partial charge < -0.3 is 0 Å². The van der Waals surface area contributed by atoms with Crippen LogP contribution in [-0.4, -0.2) is 5.78 Å². The minimum absolute atomic E-state index is 0.140. The van der Waals surface area contributed by atoms with Crippen molar-refractivity contribution in [2.24, 2.45) is 0 Å². The molecule has 3 heteroatoms. The summed E-state index contributed by atoms with van der Waals surface area (Å²) in [5.74, 6) is 0.140. The molecule has 0 bridgehead atoms. The van der Waals surface area contributed by atoms with Gasteiger partial charge in [0.05, 0.1) is 0 Å². The molecule has 0 saturated carbocycles. The summed E-state index contributed by atoms with van der Waals surface area (Å²) in [6.45, 7) is 1.99.